The standard InChI is InChI=1S/C30H36N4O3S/c1-24-7-6-10-29(25(24)2)32-17-19-33(20-18-32)30(35)27-13-11-26(12-14-27)23-31-15-21-34(22-16-31)38(36,37)28-8-4-3-5-9-28/h3-14H,15-23H2,1-2H3. The molecule has 2 aliphatic rings. The van der Waals surface area contributed by atoms with Crippen molar-refractivity contribution in [2.45, 2.75) is 25.3 Å². The monoisotopic (exact) mass is 532 g/mol. The first-order valence-electron chi connectivity index (χ1n) is 13.3. The molecule has 8 heteroatoms. The molecule has 2 aliphatic heterocycles. The van der Waals surface area contributed by atoms with Crippen molar-refractivity contribution in [2.24, 2.45) is 0 Å². The van der Waals surface area contributed by atoms with E-state index in [-0.39, 0.29) is 5.91 Å². The SMILES string of the molecule is Cc1cccc(N2CCN(C(=O)c3ccc(CN4CCN(S(=O)(=O)c5ccccc5)CC4)cc3)CC2)c1C. The van der Waals surface area contributed by atoms with Gasteiger partial charge in [-0.3, -0.25) is 9.69 Å². The van der Waals surface area contributed by atoms with Gasteiger partial charge in [-0.15, -0.1) is 0 Å². The lowest BCUT2D eigenvalue weighted by Gasteiger charge is -2.37. The van der Waals surface area contributed by atoms with E-state index in [9.17, 15) is 13.2 Å². The normalized spacial score (nSPS) is 17.5. The first-order chi connectivity index (χ1) is 18.3. The number of rotatable bonds is 6. The van der Waals surface area contributed by atoms with Gasteiger partial charge in [0.2, 0.25) is 10.0 Å². The van der Waals surface area contributed by atoms with Crippen LogP contribution in [-0.2, 0) is 16.6 Å². The van der Waals surface area contributed by atoms with E-state index < -0.39 is 10.0 Å². The maximum atomic E-state index is 13.1. The van der Waals surface area contributed by atoms with Crippen LogP contribution in [0, 0.1) is 13.8 Å². The highest BCUT2D eigenvalue weighted by Crippen LogP contribution is 2.24. The van der Waals surface area contributed by atoms with E-state index in [4.69, 9.17) is 0 Å². The van der Waals surface area contributed by atoms with Crippen molar-refractivity contribution in [3.05, 3.63) is 95.1 Å². The second kappa shape index (κ2) is 11.3. The summed E-state index contributed by atoms with van der Waals surface area (Å²) in [6.45, 7) is 10.4. The van der Waals surface area contributed by atoms with Gasteiger partial charge in [-0.2, -0.15) is 4.31 Å². The Bertz CT molecular complexity index is 1360. The first kappa shape index (κ1) is 26.4. The number of sulfonamides is 1. The van der Waals surface area contributed by atoms with Crippen molar-refractivity contribution < 1.29 is 13.2 Å². The van der Waals surface area contributed by atoms with E-state index in [0.29, 0.717) is 49.7 Å². The lowest BCUT2D eigenvalue weighted by molar-refractivity contribution is 0.0746. The van der Waals surface area contributed by atoms with Crippen LogP contribution in [0.2, 0.25) is 0 Å². The predicted molar refractivity (Wildman–Crippen MR) is 151 cm³/mol. The summed E-state index contributed by atoms with van der Waals surface area (Å²) < 4.78 is 27.3. The number of carbonyl (C=O) groups is 1. The quantitative estimate of drug-likeness (QED) is 0.484. The summed E-state index contributed by atoms with van der Waals surface area (Å²) in [5.74, 6) is 0.0805. The van der Waals surface area contributed by atoms with Crippen LogP contribution >= 0.6 is 0 Å². The fourth-order valence-corrected chi connectivity index (χ4v) is 6.73. The van der Waals surface area contributed by atoms with Gasteiger partial charge in [0.25, 0.3) is 5.91 Å². The van der Waals surface area contributed by atoms with Gasteiger partial charge in [0.05, 0.1) is 4.90 Å². The lowest BCUT2D eigenvalue weighted by atomic mass is 10.1. The number of carbonyl (C=O) groups excluding carboxylic acids is 1. The molecule has 0 saturated carbocycles. The summed E-state index contributed by atoms with van der Waals surface area (Å²) in [7, 11) is -3.45. The highest BCUT2D eigenvalue weighted by Gasteiger charge is 2.28. The Morgan fingerprint density at radius 1 is 0.737 bits per heavy atom. The van der Waals surface area contributed by atoms with Crippen LogP contribution in [-0.4, -0.2) is 80.8 Å². The minimum atomic E-state index is -3.45. The second-order valence-electron chi connectivity index (χ2n) is 10.2. The zero-order chi connectivity index (χ0) is 26.7. The van der Waals surface area contributed by atoms with Crippen LogP contribution in [0.3, 0.4) is 0 Å². The van der Waals surface area contributed by atoms with Gasteiger partial charge in [0.15, 0.2) is 0 Å². The fraction of sp³-hybridized carbons (Fsp3) is 0.367. The summed E-state index contributed by atoms with van der Waals surface area (Å²) in [6, 6.07) is 22.9. The molecule has 1 amide bonds. The number of aryl methyl sites for hydroxylation is 1. The summed E-state index contributed by atoms with van der Waals surface area (Å²) in [5, 5.41) is 0. The van der Waals surface area contributed by atoms with Crippen molar-refractivity contribution in [3.63, 3.8) is 0 Å². The summed E-state index contributed by atoms with van der Waals surface area (Å²) in [4.78, 5) is 20.1. The molecule has 3 aromatic carbocycles. The summed E-state index contributed by atoms with van der Waals surface area (Å²) in [6.07, 6.45) is 0. The Morgan fingerprint density at radius 2 is 1.39 bits per heavy atom. The lowest BCUT2D eigenvalue weighted by Crippen LogP contribution is -2.49. The number of hydrogen-bond acceptors (Lipinski definition) is 5. The Labute approximate surface area is 226 Å². The molecule has 3 aromatic rings. The van der Waals surface area contributed by atoms with Crippen molar-refractivity contribution in [3.8, 4) is 0 Å². The van der Waals surface area contributed by atoms with E-state index in [0.717, 1.165) is 25.2 Å². The summed E-state index contributed by atoms with van der Waals surface area (Å²) >= 11 is 0. The molecule has 7 nitrogen and oxygen atoms in total. The van der Waals surface area contributed by atoms with Gasteiger partial charge in [0.1, 0.15) is 0 Å². The Morgan fingerprint density at radius 3 is 2.05 bits per heavy atom. The maximum Gasteiger partial charge on any atom is 0.253 e. The van der Waals surface area contributed by atoms with Crippen LogP contribution in [0.1, 0.15) is 27.0 Å². The molecule has 0 radical (unpaired) electrons. The van der Waals surface area contributed by atoms with E-state index in [1.807, 2.05) is 35.2 Å². The smallest absolute Gasteiger partial charge is 0.253 e. The number of piperazine rings is 2. The third-order valence-corrected chi connectivity index (χ3v) is 9.72. The zero-order valence-corrected chi connectivity index (χ0v) is 23.0. The molecular formula is C30H36N4O3S. The second-order valence-corrected chi connectivity index (χ2v) is 12.1. The van der Waals surface area contributed by atoms with Gasteiger partial charge in [0, 0.05) is 70.2 Å². The number of amides is 1. The molecule has 0 spiro atoms. The molecule has 0 aromatic heterocycles. The van der Waals surface area contributed by atoms with Crippen molar-refractivity contribution in [1.29, 1.82) is 0 Å². The fourth-order valence-electron chi connectivity index (χ4n) is 5.29. The van der Waals surface area contributed by atoms with Crippen LogP contribution in [0.4, 0.5) is 5.69 Å². The highest BCUT2D eigenvalue weighted by molar-refractivity contribution is 7.89. The van der Waals surface area contributed by atoms with Crippen molar-refractivity contribution in [1.82, 2.24) is 14.1 Å². The third-order valence-electron chi connectivity index (χ3n) is 7.80. The van der Waals surface area contributed by atoms with Crippen LogP contribution in [0.15, 0.2) is 77.7 Å². The minimum Gasteiger partial charge on any atom is -0.368 e. The average molecular weight is 533 g/mol. The minimum absolute atomic E-state index is 0.0805. The van der Waals surface area contributed by atoms with Crippen LogP contribution in [0.5, 0.6) is 0 Å². The molecule has 200 valence electrons. The van der Waals surface area contributed by atoms with Crippen molar-refractivity contribution in [2.75, 3.05) is 57.3 Å². The van der Waals surface area contributed by atoms with Crippen LogP contribution < -0.4 is 4.90 Å². The predicted octanol–water partition coefficient (Wildman–Crippen LogP) is 3.77. The summed E-state index contributed by atoms with van der Waals surface area (Å²) in [5.41, 5.74) is 5.70. The molecule has 0 unspecified atom stereocenters. The van der Waals surface area contributed by atoms with Gasteiger partial charge in [-0.1, -0.05) is 42.5 Å². The van der Waals surface area contributed by atoms with Gasteiger partial charge >= 0.3 is 0 Å². The van der Waals surface area contributed by atoms with Gasteiger partial charge in [-0.05, 0) is 60.9 Å². The molecule has 0 bridgehead atoms. The van der Waals surface area contributed by atoms with Gasteiger partial charge < -0.3 is 9.80 Å². The first-order valence-corrected chi connectivity index (χ1v) is 14.7. The molecule has 38 heavy (non-hydrogen) atoms. The Balaban J connectivity index is 1.12. The number of nitrogens with zero attached hydrogens (tertiary/aromatic N) is 4. The topological polar surface area (TPSA) is 64.2 Å². The van der Waals surface area contributed by atoms with E-state index in [2.05, 4.69) is 41.8 Å². The molecule has 2 saturated heterocycles. The van der Waals surface area contributed by atoms with Gasteiger partial charge in [-0.25, -0.2) is 8.42 Å². The Kier molecular flexibility index (Phi) is 7.83. The molecule has 0 N–H and O–H groups in total. The highest BCUT2D eigenvalue weighted by atomic mass is 32.2. The third kappa shape index (κ3) is 5.62. The van der Waals surface area contributed by atoms with Crippen molar-refractivity contribution >= 4 is 21.6 Å². The Hall–Kier alpha value is -3.20. The molecule has 2 fully saturated rings. The van der Waals surface area contributed by atoms with E-state index >= 15 is 0 Å². The zero-order valence-electron chi connectivity index (χ0n) is 22.2. The molecular weight excluding hydrogens is 496 g/mol. The number of hydrogen-bond donors (Lipinski definition) is 0. The maximum absolute atomic E-state index is 13.1. The largest absolute Gasteiger partial charge is 0.368 e. The molecule has 0 atom stereocenters. The molecule has 2 heterocycles. The van der Waals surface area contributed by atoms with E-state index in [1.54, 1.807) is 28.6 Å². The average Bonchev–Trinajstić information content (AvgIpc) is 2.95. The number of anilines is 1. The number of benzene rings is 3. The molecule has 5 rings (SSSR count). The van der Waals surface area contributed by atoms with E-state index in [1.165, 1.54) is 16.8 Å². The molecule has 0 aliphatic carbocycles. The van der Waals surface area contributed by atoms with Crippen LogP contribution in [0.25, 0.3) is 0 Å².